The number of hydrogen-bond acceptors (Lipinski definition) is 4. The molecule has 0 aromatic rings. The van der Waals surface area contributed by atoms with Crippen LogP contribution in [0.1, 0.15) is 52.4 Å². The van der Waals surface area contributed by atoms with E-state index in [0.717, 1.165) is 32.1 Å². The fraction of sp³-hybridized carbons (Fsp3) is 0.909. The Labute approximate surface area is 97.2 Å². The van der Waals surface area contributed by atoms with Crippen molar-refractivity contribution in [3.05, 3.63) is 10.1 Å². The van der Waals surface area contributed by atoms with E-state index in [1.54, 1.807) is 0 Å². The third-order valence-corrected chi connectivity index (χ3v) is 2.55. The second-order valence-corrected chi connectivity index (χ2v) is 3.91. The highest BCUT2D eigenvalue weighted by Crippen LogP contribution is 2.10. The van der Waals surface area contributed by atoms with Gasteiger partial charge in [-0.2, -0.15) is 5.26 Å². The van der Waals surface area contributed by atoms with Gasteiger partial charge in [0.15, 0.2) is 6.19 Å². The molecule has 0 heterocycles. The van der Waals surface area contributed by atoms with Crippen LogP contribution in [0.15, 0.2) is 0 Å². The van der Waals surface area contributed by atoms with E-state index < -0.39 is 6.17 Å². The Balaban J connectivity index is 4.24. The average Bonchev–Trinajstić information content (AvgIpc) is 2.26. The first-order chi connectivity index (χ1) is 7.67. The highest BCUT2D eigenvalue weighted by atomic mass is 16.6. The van der Waals surface area contributed by atoms with E-state index in [0.29, 0.717) is 13.0 Å². The van der Waals surface area contributed by atoms with Gasteiger partial charge in [-0.15, -0.1) is 0 Å². The van der Waals surface area contributed by atoms with Crippen LogP contribution in [-0.2, 0) is 0 Å². The van der Waals surface area contributed by atoms with Crippen LogP contribution in [0.3, 0.4) is 0 Å². The molecule has 0 amide bonds. The van der Waals surface area contributed by atoms with Gasteiger partial charge in [0.05, 0.1) is 0 Å². The van der Waals surface area contributed by atoms with Gasteiger partial charge in [0, 0.05) is 17.9 Å². The zero-order chi connectivity index (χ0) is 12.4. The summed E-state index contributed by atoms with van der Waals surface area (Å²) in [7, 11) is 0. The van der Waals surface area contributed by atoms with Crippen LogP contribution in [0.25, 0.3) is 0 Å². The highest BCUT2D eigenvalue weighted by molar-refractivity contribution is 4.76. The van der Waals surface area contributed by atoms with Crippen LogP contribution < -0.4 is 0 Å². The maximum absolute atomic E-state index is 10.9. The molecule has 0 aromatic carbocycles. The molecule has 0 spiro atoms. The van der Waals surface area contributed by atoms with E-state index in [2.05, 4.69) is 6.92 Å². The Morgan fingerprint density at radius 2 is 1.94 bits per heavy atom. The monoisotopic (exact) mass is 227 g/mol. The summed E-state index contributed by atoms with van der Waals surface area (Å²) < 4.78 is 0. The molecule has 5 heteroatoms. The second-order valence-electron chi connectivity index (χ2n) is 3.91. The minimum atomic E-state index is -0.832. The largest absolute Gasteiger partial charge is 0.295 e. The van der Waals surface area contributed by atoms with Gasteiger partial charge < -0.3 is 0 Å². The number of hydrogen-bond donors (Lipinski definition) is 0. The summed E-state index contributed by atoms with van der Waals surface area (Å²) >= 11 is 0. The van der Waals surface area contributed by atoms with E-state index in [1.165, 1.54) is 4.90 Å². The first-order valence-corrected chi connectivity index (χ1v) is 5.97. The molecule has 5 nitrogen and oxygen atoms in total. The van der Waals surface area contributed by atoms with Crippen molar-refractivity contribution < 1.29 is 4.92 Å². The Morgan fingerprint density at radius 3 is 2.38 bits per heavy atom. The van der Waals surface area contributed by atoms with Crippen molar-refractivity contribution in [2.75, 3.05) is 6.54 Å². The molecule has 0 rings (SSSR count). The van der Waals surface area contributed by atoms with Crippen molar-refractivity contribution in [3.63, 3.8) is 0 Å². The van der Waals surface area contributed by atoms with Crippen molar-refractivity contribution in [3.8, 4) is 6.19 Å². The normalized spacial score (nSPS) is 11.8. The molecular formula is C11H21N3O2. The molecule has 0 saturated carbocycles. The first kappa shape index (κ1) is 14.7. The van der Waals surface area contributed by atoms with Crippen LogP contribution >= 0.6 is 0 Å². The van der Waals surface area contributed by atoms with Crippen molar-refractivity contribution in [1.29, 1.82) is 5.26 Å². The average molecular weight is 227 g/mol. The lowest BCUT2D eigenvalue weighted by Crippen LogP contribution is -2.38. The summed E-state index contributed by atoms with van der Waals surface area (Å²) in [6.07, 6.45) is 6.19. The lowest BCUT2D eigenvalue weighted by molar-refractivity contribution is -0.547. The van der Waals surface area contributed by atoms with Crippen molar-refractivity contribution >= 4 is 0 Å². The molecule has 1 atom stereocenters. The smallest absolute Gasteiger partial charge is 0.262 e. The molecule has 0 fully saturated rings. The summed E-state index contributed by atoms with van der Waals surface area (Å²) in [4.78, 5) is 11.8. The van der Waals surface area contributed by atoms with Gasteiger partial charge in [0.2, 0.25) is 0 Å². The molecule has 0 radical (unpaired) electrons. The minimum absolute atomic E-state index is 0.342. The Bertz CT molecular complexity index is 238. The number of nitrogens with zero attached hydrogens (tertiary/aromatic N) is 3. The third-order valence-electron chi connectivity index (χ3n) is 2.55. The summed E-state index contributed by atoms with van der Waals surface area (Å²) in [5.41, 5.74) is 0. The zero-order valence-corrected chi connectivity index (χ0v) is 10.2. The summed E-state index contributed by atoms with van der Waals surface area (Å²) in [6.45, 7) is 4.56. The summed E-state index contributed by atoms with van der Waals surface area (Å²) in [6, 6.07) is 0. The maximum Gasteiger partial charge on any atom is 0.295 e. The lowest BCUT2D eigenvalue weighted by atomic mass is 10.2. The van der Waals surface area contributed by atoms with Gasteiger partial charge in [0.1, 0.15) is 0 Å². The quantitative estimate of drug-likeness (QED) is 0.152. The van der Waals surface area contributed by atoms with Gasteiger partial charge in [0.25, 0.3) is 6.17 Å². The lowest BCUT2D eigenvalue weighted by Gasteiger charge is -2.19. The van der Waals surface area contributed by atoms with Crippen LogP contribution in [-0.4, -0.2) is 22.5 Å². The van der Waals surface area contributed by atoms with Crippen LogP contribution in [0, 0.1) is 21.6 Å². The SMILES string of the molecule is CCCCCN(C#N)C(CCCC)[N+](=O)[O-]. The Morgan fingerprint density at radius 1 is 1.31 bits per heavy atom. The minimum Gasteiger partial charge on any atom is -0.262 e. The molecular weight excluding hydrogens is 206 g/mol. The van der Waals surface area contributed by atoms with Crippen molar-refractivity contribution in [2.45, 2.75) is 58.5 Å². The van der Waals surface area contributed by atoms with Gasteiger partial charge in [-0.1, -0.05) is 33.1 Å². The molecule has 92 valence electrons. The molecule has 0 saturated heterocycles. The molecule has 0 aliphatic heterocycles. The summed E-state index contributed by atoms with van der Waals surface area (Å²) in [5, 5.41) is 19.8. The predicted molar refractivity (Wildman–Crippen MR) is 62.2 cm³/mol. The van der Waals surface area contributed by atoms with E-state index in [9.17, 15) is 10.1 Å². The van der Waals surface area contributed by atoms with E-state index in [1.807, 2.05) is 13.1 Å². The van der Waals surface area contributed by atoms with Crippen molar-refractivity contribution in [2.24, 2.45) is 0 Å². The summed E-state index contributed by atoms with van der Waals surface area (Å²) in [5.74, 6) is 0. The standard InChI is InChI=1S/C11H21N3O2/c1-3-5-7-9-13(10-12)11(14(15)16)8-6-4-2/h11H,3-9H2,1-2H3. The molecule has 1 unspecified atom stereocenters. The van der Waals surface area contributed by atoms with Crippen LogP contribution in [0.5, 0.6) is 0 Å². The number of rotatable bonds is 9. The molecule has 0 aliphatic carbocycles. The van der Waals surface area contributed by atoms with E-state index in [-0.39, 0.29) is 4.92 Å². The molecule has 0 N–H and O–H groups in total. The Hall–Kier alpha value is -1.31. The van der Waals surface area contributed by atoms with Gasteiger partial charge >= 0.3 is 0 Å². The fourth-order valence-corrected chi connectivity index (χ4v) is 1.56. The predicted octanol–water partition coefficient (Wildman–Crippen LogP) is 2.75. The van der Waals surface area contributed by atoms with Crippen molar-refractivity contribution in [1.82, 2.24) is 4.90 Å². The highest BCUT2D eigenvalue weighted by Gasteiger charge is 2.26. The molecule has 0 bridgehead atoms. The maximum atomic E-state index is 10.9. The Kier molecular flexibility index (Phi) is 8.22. The third kappa shape index (κ3) is 5.54. The zero-order valence-electron chi connectivity index (χ0n) is 10.2. The number of unbranched alkanes of at least 4 members (excludes halogenated alkanes) is 3. The van der Waals surface area contributed by atoms with Gasteiger partial charge in [-0.3, -0.25) is 10.1 Å². The van der Waals surface area contributed by atoms with Gasteiger partial charge in [-0.25, -0.2) is 4.90 Å². The first-order valence-electron chi connectivity index (χ1n) is 5.97. The molecule has 0 aliphatic rings. The van der Waals surface area contributed by atoms with Gasteiger partial charge in [-0.05, 0) is 12.8 Å². The number of nitro groups is 1. The van der Waals surface area contributed by atoms with Crippen LogP contribution in [0.4, 0.5) is 0 Å². The molecule has 0 aromatic heterocycles. The topological polar surface area (TPSA) is 70.2 Å². The van der Waals surface area contributed by atoms with Crippen LogP contribution in [0.2, 0.25) is 0 Å². The van der Waals surface area contributed by atoms with E-state index >= 15 is 0 Å². The fourth-order valence-electron chi connectivity index (χ4n) is 1.56. The molecule has 16 heavy (non-hydrogen) atoms. The second kappa shape index (κ2) is 8.96. The number of nitriles is 1. The van der Waals surface area contributed by atoms with E-state index in [4.69, 9.17) is 5.26 Å².